The van der Waals surface area contributed by atoms with Crippen LogP contribution in [0.4, 0.5) is 10.1 Å². The lowest BCUT2D eigenvalue weighted by atomic mass is 9.76. The van der Waals surface area contributed by atoms with Crippen LogP contribution in [0.1, 0.15) is 40.6 Å². The first-order valence-corrected chi connectivity index (χ1v) is 7.94. The summed E-state index contributed by atoms with van der Waals surface area (Å²) in [6.07, 6.45) is 5.55. The molecule has 1 heterocycles. The zero-order chi connectivity index (χ0) is 15.3. The van der Waals surface area contributed by atoms with E-state index in [2.05, 4.69) is 43.4 Å². The highest BCUT2D eigenvalue weighted by Crippen LogP contribution is 2.51. The molecule has 0 saturated heterocycles. The highest BCUT2D eigenvalue weighted by molar-refractivity contribution is 5.65. The third-order valence-electron chi connectivity index (χ3n) is 5.31. The minimum Gasteiger partial charge on any atom is -0.377 e. The van der Waals surface area contributed by atoms with Gasteiger partial charge in [0.1, 0.15) is 5.82 Å². The Bertz CT molecular complexity index is 762. The Morgan fingerprint density at radius 1 is 1.05 bits per heavy atom. The van der Waals surface area contributed by atoms with Gasteiger partial charge in [-0.15, -0.1) is 0 Å². The van der Waals surface area contributed by atoms with Crippen LogP contribution in [0.15, 0.2) is 48.6 Å². The maximum absolute atomic E-state index is 14.3. The minimum atomic E-state index is -0.112. The van der Waals surface area contributed by atoms with E-state index < -0.39 is 0 Å². The molecular formula is C20H20FN. The fraction of sp³-hybridized carbons (Fsp3) is 0.300. The van der Waals surface area contributed by atoms with Gasteiger partial charge in [0.25, 0.3) is 0 Å². The Morgan fingerprint density at radius 3 is 2.68 bits per heavy atom. The summed E-state index contributed by atoms with van der Waals surface area (Å²) in [5.74, 6) is 0.672. The maximum Gasteiger partial charge on any atom is 0.128 e. The van der Waals surface area contributed by atoms with Crippen molar-refractivity contribution in [2.75, 3.05) is 5.32 Å². The summed E-state index contributed by atoms with van der Waals surface area (Å²) in [6, 6.07) is 11.6. The lowest BCUT2D eigenvalue weighted by molar-refractivity contribution is 0.413. The molecule has 2 aromatic carbocycles. The van der Waals surface area contributed by atoms with Crippen molar-refractivity contribution in [3.05, 3.63) is 76.6 Å². The monoisotopic (exact) mass is 293 g/mol. The standard InChI is InChI=1S/C20H20FN/c1-12-10-11-16-14-7-5-8-15(14)20(22-19(16)13(12)2)17-6-3-4-9-18(17)21/h3-7,9-11,14-15,20,22H,8H2,1-2H3/t14-,15-,20-/m0/s1. The van der Waals surface area contributed by atoms with Crippen molar-refractivity contribution < 1.29 is 4.39 Å². The number of anilines is 1. The molecule has 0 unspecified atom stereocenters. The largest absolute Gasteiger partial charge is 0.377 e. The molecule has 0 bridgehead atoms. The Balaban J connectivity index is 1.87. The zero-order valence-corrected chi connectivity index (χ0v) is 12.9. The van der Waals surface area contributed by atoms with E-state index in [0.29, 0.717) is 11.8 Å². The van der Waals surface area contributed by atoms with Gasteiger partial charge in [0.05, 0.1) is 6.04 Å². The fourth-order valence-corrected chi connectivity index (χ4v) is 3.95. The molecule has 0 aromatic heterocycles. The third-order valence-corrected chi connectivity index (χ3v) is 5.31. The summed E-state index contributed by atoms with van der Waals surface area (Å²) in [5, 5.41) is 3.65. The molecule has 1 aliphatic carbocycles. The highest BCUT2D eigenvalue weighted by atomic mass is 19.1. The van der Waals surface area contributed by atoms with Crippen molar-refractivity contribution in [1.82, 2.24) is 0 Å². The Labute approximate surface area is 130 Å². The SMILES string of the molecule is Cc1ccc2c(c1C)N[C@H](c1ccccc1F)[C@H]1CC=C[C@H]21. The second-order valence-electron chi connectivity index (χ2n) is 6.47. The number of benzene rings is 2. The Morgan fingerprint density at radius 2 is 1.86 bits per heavy atom. The molecule has 0 radical (unpaired) electrons. The molecule has 2 aromatic rings. The van der Waals surface area contributed by atoms with Crippen molar-refractivity contribution in [2.45, 2.75) is 32.2 Å². The molecule has 112 valence electrons. The van der Waals surface area contributed by atoms with Crippen LogP contribution < -0.4 is 5.32 Å². The van der Waals surface area contributed by atoms with Crippen molar-refractivity contribution in [1.29, 1.82) is 0 Å². The van der Waals surface area contributed by atoms with Crippen molar-refractivity contribution in [3.8, 4) is 0 Å². The second-order valence-corrected chi connectivity index (χ2v) is 6.47. The lowest BCUT2D eigenvalue weighted by Gasteiger charge is -2.38. The first kappa shape index (κ1) is 13.6. The topological polar surface area (TPSA) is 12.0 Å². The second kappa shape index (κ2) is 4.98. The van der Waals surface area contributed by atoms with Gasteiger partial charge in [-0.25, -0.2) is 4.39 Å². The highest BCUT2D eigenvalue weighted by Gasteiger charge is 2.39. The van der Waals surface area contributed by atoms with Crippen LogP contribution in [0.3, 0.4) is 0 Å². The summed E-state index contributed by atoms with van der Waals surface area (Å²) < 4.78 is 14.3. The molecule has 1 aliphatic heterocycles. The number of rotatable bonds is 1. The van der Waals surface area contributed by atoms with Gasteiger partial charge in [-0.3, -0.25) is 0 Å². The average molecular weight is 293 g/mol. The smallest absolute Gasteiger partial charge is 0.128 e. The van der Waals surface area contributed by atoms with Crippen LogP contribution in [0.2, 0.25) is 0 Å². The van der Waals surface area contributed by atoms with E-state index in [-0.39, 0.29) is 11.9 Å². The molecule has 22 heavy (non-hydrogen) atoms. The molecule has 1 N–H and O–H groups in total. The van der Waals surface area contributed by atoms with Crippen LogP contribution in [0.5, 0.6) is 0 Å². The van der Waals surface area contributed by atoms with Gasteiger partial charge in [-0.05, 0) is 48.9 Å². The summed E-state index contributed by atoms with van der Waals surface area (Å²) >= 11 is 0. The summed E-state index contributed by atoms with van der Waals surface area (Å²) in [5.41, 5.74) is 5.89. The number of allylic oxidation sites excluding steroid dienone is 2. The summed E-state index contributed by atoms with van der Waals surface area (Å²) in [7, 11) is 0. The number of aryl methyl sites for hydroxylation is 1. The number of nitrogens with one attached hydrogen (secondary N) is 1. The third kappa shape index (κ3) is 1.90. The van der Waals surface area contributed by atoms with Crippen LogP contribution in [-0.2, 0) is 0 Å². The van der Waals surface area contributed by atoms with E-state index >= 15 is 0 Å². The van der Waals surface area contributed by atoms with E-state index in [9.17, 15) is 4.39 Å². The van der Waals surface area contributed by atoms with Gasteiger partial charge in [0.2, 0.25) is 0 Å². The molecule has 3 atom stereocenters. The van der Waals surface area contributed by atoms with E-state index in [4.69, 9.17) is 0 Å². The molecule has 0 fully saturated rings. The number of halogens is 1. The van der Waals surface area contributed by atoms with Crippen molar-refractivity contribution in [2.24, 2.45) is 5.92 Å². The molecule has 0 saturated carbocycles. The van der Waals surface area contributed by atoms with E-state index in [0.717, 1.165) is 12.0 Å². The van der Waals surface area contributed by atoms with Crippen LogP contribution in [0, 0.1) is 25.6 Å². The van der Waals surface area contributed by atoms with Gasteiger partial charge in [0, 0.05) is 17.2 Å². The molecular weight excluding hydrogens is 273 g/mol. The predicted octanol–water partition coefficient (Wildman–Crippen LogP) is 5.27. The van der Waals surface area contributed by atoms with E-state index in [1.165, 1.54) is 22.4 Å². The normalized spacial score (nSPS) is 25.5. The fourth-order valence-electron chi connectivity index (χ4n) is 3.95. The van der Waals surface area contributed by atoms with Gasteiger partial charge in [-0.2, -0.15) is 0 Å². The summed E-state index contributed by atoms with van der Waals surface area (Å²) in [4.78, 5) is 0. The molecule has 1 nitrogen and oxygen atoms in total. The van der Waals surface area contributed by atoms with Gasteiger partial charge >= 0.3 is 0 Å². The van der Waals surface area contributed by atoms with Crippen LogP contribution >= 0.6 is 0 Å². The van der Waals surface area contributed by atoms with E-state index in [1.54, 1.807) is 12.1 Å². The summed E-state index contributed by atoms with van der Waals surface area (Å²) in [6.45, 7) is 4.28. The molecule has 2 aliphatic rings. The van der Waals surface area contributed by atoms with Gasteiger partial charge < -0.3 is 5.32 Å². The Kier molecular flexibility index (Phi) is 3.07. The lowest BCUT2D eigenvalue weighted by Crippen LogP contribution is -2.30. The van der Waals surface area contributed by atoms with Crippen molar-refractivity contribution in [3.63, 3.8) is 0 Å². The quantitative estimate of drug-likeness (QED) is 0.706. The molecule has 4 rings (SSSR count). The van der Waals surface area contributed by atoms with Gasteiger partial charge in [0.15, 0.2) is 0 Å². The number of hydrogen-bond acceptors (Lipinski definition) is 1. The maximum atomic E-state index is 14.3. The predicted molar refractivity (Wildman–Crippen MR) is 88.7 cm³/mol. The van der Waals surface area contributed by atoms with Crippen LogP contribution in [-0.4, -0.2) is 0 Å². The number of hydrogen-bond donors (Lipinski definition) is 1. The molecule has 2 heteroatoms. The van der Waals surface area contributed by atoms with E-state index in [1.807, 2.05) is 12.1 Å². The average Bonchev–Trinajstić information content (AvgIpc) is 3.00. The first-order valence-electron chi connectivity index (χ1n) is 7.94. The minimum absolute atomic E-state index is 0.0363. The molecule has 0 spiro atoms. The van der Waals surface area contributed by atoms with Gasteiger partial charge in [-0.1, -0.05) is 42.5 Å². The number of fused-ring (bicyclic) bond motifs is 3. The molecule has 0 amide bonds. The Hall–Kier alpha value is -2.09. The zero-order valence-electron chi connectivity index (χ0n) is 12.9. The van der Waals surface area contributed by atoms with Crippen molar-refractivity contribution >= 4 is 5.69 Å². The van der Waals surface area contributed by atoms with Crippen LogP contribution in [0.25, 0.3) is 0 Å². The first-order chi connectivity index (χ1) is 10.7.